The van der Waals surface area contributed by atoms with Crippen LogP contribution in [-0.4, -0.2) is 24.3 Å². The minimum Gasteiger partial charge on any atom is -0.396 e. The molecule has 2 heteroatoms. The summed E-state index contributed by atoms with van der Waals surface area (Å²) in [6.45, 7) is 1.57. The van der Waals surface area contributed by atoms with Crippen LogP contribution in [0.1, 0.15) is 25.7 Å². The molecule has 64 valence electrons. The molecule has 2 atom stereocenters. The normalized spacial score (nSPS) is 33.0. The molecular weight excluding hydrogens is 138 g/mol. The van der Waals surface area contributed by atoms with Gasteiger partial charge in [-0.1, -0.05) is 0 Å². The second-order valence-corrected chi connectivity index (χ2v) is 3.86. The maximum Gasteiger partial charge on any atom is 0.0434 e. The highest BCUT2D eigenvalue weighted by Gasteiger charge is 2.37. The predicted molar refractivity (Wildman–Crippen MR) is 44.3 cm³/mol. The van der Waals surface area contributed by atoms with Crippen molar-refractivity contribution >= 4 is 0 Å². The van der Waals surface area contributed by atoms with Crippen LogP contribution >= 0.6 is 0 Å². The Morgan fingerprint density at radius 1 is 1.36 bits per heavy atom. The molecule has 2 unspecified atom stereocenters. The summed E-state index contributed by atoms with van der Waals surface area (Å²) in [5, 5.41) is 12.3. The molecule has 1 aliphatic heterocycles. The zero-order chi connectivity index (χ0) is 7.68. The van der Waals surface area contributed by atoms with Crippen LogP contribution in [0.3, 0.4) is 0 Å². The molecule has 0 aromatic carbocycles. The molecule has 0 aromatic rings. The van der Waals surface area contributed by atoms with Gasteiger partial charge in [-0.05, 0) is 44.1 Å². The van der Waals surface area contributed by atoms with Gasteiger partial charge in [0.05, 0.1) is 0 Å². The Labute approximate surface area is 68.0 Å². The van der Waals surface area contributed by atoms with Gasteiger partial charge < -0.3 is 10.4 Å². The molecule has 0 aromatic heterocycles. The number of rotatable bonds is 4. The average molecular weight is 155 g/mol. The maximum absolute atomic E-state index is 8.85. The highest BCUT2D eigenvalue weighted by atomic mass is 16.3. The van der Waals surface area contributed by atoms with Gasteiger partial charge in [-0.3, -0.25) is 0 Å². The molecule has 0 amide bonds. The van der Waals surface area contributed by atoms with Crippen molar-refractivity contribution in [2.75, 3.05) is 13.2 Å². The fraction of sp³-hybridized carbons (Fsp3) is 1.00. The second kappa shape index (κ2) is 3.11. The van der Waals surface area contributed by atoms with Crippen molar-refractivity contribution in [2.45, 2.75) is 31.7 Å². The fourth-order valence-electron chi connectivity index (χ4n) is 2.12. The number of aliphatic hydroxyl groups is 1. The van der Waals surface area contributed by atoms with Crippen molar-refractivity contribution in [3.8, 4) is 0 Å². The lowest BCUT2D eigenvalue weighted by Gasteiger charge is -2.35. The van der Waals surface area contributed by atoms with Crippen molar-refractivity contribution < 1.29 is 5.11 Å². The Bertz CT molecular complexity index is 130. The van der Waals surface area contributed by atoms with Crippen molar-refractivity contribution in [1.82, 2.24) is 5.32 Å². The lowest BCUT2D eigenvalue weighted by Crippen LogP contribution is -2.48. The van der Waals surface area contributed by atoms with Gasteiger partial charge >= 0.3 is 0 Å². The Balaban J connectivity index is 1.81. The van der Waals surface area contributed by atoms with Crippen LogP contribution in [0, 0.1) is 11.8 Å². The molecule has 2 fully saturated rings. The van der Waals surface area contributed by atoms with Crippen LogP contribution in [0.15, 0.2) is 0 Å². The molecule has 2 rings (SSSR count). The number of aliphatic hydroxyl groups excluding tert-OH is 1. The standard InChI is InChI=1S/C9H17NO/c11-6-4-8(7-1-2-7)9-3-5-10-9/h7-11H,1-6H2. The smallest absolute Gasteiger partial charge is 0.0434 e. The highest BCUT2D eigenvalue weighted by Crippen LogP contribution is 2.41. The van der Waals surface area contributed by atoms with E-state index in [1.165, 1.54) is 25.8 Å². The molecular formula is C9H17NO. The first kappa shape index (κ1) is 7.56. The molecule has 1 heterocycles. The van der Waals surface area contributed by atoms with Crippen LogP contribution in [0.4, 0.5) is 0 Å². The predicted octanol–water partition coefficient (Wildman–Crippen LogP) is 0.757. The third-order valence-electron chi connectivity index (χ3n) is 3.07. The minimum atomic E-state index is 0.374. The van der Waals surface area contributed by atoms with E-state index >= 15 is 0 Å². The maximum atomic E-state index is 8.85. The number of hydrogen-bond donors (Lipinski definition) is 2. The summed E-state index contributed by atoms with van der Waals surface area (Å²) in [6.07, 6.45) is 5.16. The minimum absolute atomic E-state index is 0.374. The van der Waals surface area contributed by atoms with Crippen LogP contribution < -0.4 is 5.32 Å². The van der Waals surface area contributed by atoms with Crippen molar-refractivity contribution in [3.63, 3.8) is 0 Å². The molecule has 0 spiro atoms. The van der Waals surface area contributed by atoms with Crippen LogP contribution in [0.2, 0.25) is 0 Å². The number of nitrogens with one attached hydrogen (secondary N) is 1. The van der Waals surface area contributed by atoms with E-state index < -0.39 is 0 Å². The highest BCUT2D eigenvalue weighted by molar-refractivity contribution is 4.92. The first-order valence-corrected chi connectivity index (χ1v) is 4.76. The molecule has 2 N–H and O–H groups in total. The Morgan fingerprint density at radius 3 is 2.45 bits per heavy atom. The summed E-state index contributed by atoms with van der Waals surface area (Å²) >= 11 is 0. The topological polar surface area (TPSA) is 32.3 Å². The van der Waals surface area contributed by atoms with E-state index in [-0.39, 0.29) is 0 Å². The Kier molecular flexibility index (Phi) is 2.14. The van der Waals surface area contributed by atoms with Gasteiger partial charge in [0.1, 0.15) is 0 Å². The van der Waals surface area contributed by atoms with Crippen LogP contribution in [-0.2, 0) is 0 Å². The van der Waals surface area contributed by atoms with E-state index in [1.807, 2.05) is 0 Å². The third kappa shape index (κ3) is 1.57. The van der Waals surface area contributed by atoms with Crippen molar-refractivity contribution in [1.29, 1.82) is 0 Å². The van der Waals surface area contributed by atoms with Gasteiger partial charge in [0.15, 0.2) is 0 Å². The lowest BCUT2D eigenvalue weighted by atomic mass is 9.85. The van der Waals surface area contributed by atoms with E-state index in [0.29, 0.717) is 6.61 Å². The van der Waals surface area contributed by atoms with E-state index in [4.69, 9.17) is 5.11 Å². The van der Waals surface area contributed by atoms with Crippen LogP contribution in [0.5, 0.6) is 0 Å². The zero-order valence-electron chi connectivity index (χ0n) is 6.92. The lowest BCUT2D eigenvalue weighted by molar-refractivity contribution is 0.178. The first-order valence-electron chi connectivity index (χ1n) is 4.76. The molecule has 1 aliphatic carbocycles. The Hall–Kier alpha value is -0.0800. The summed E-state index contributed by atoms with van der Waals surface area (Å²) < 4.78 is 0. The first-order chi connectivity index (χ1) is 5.42. The van der Waals surface area contributed by atoms with Crippen molar-refractivity contribution in [2.24, 2.45) is 11.8 Å². The van der Waals surface area contributed by atoms with Gasteiger partial charge in [-0.25, -0.2) is 0 Å². The van der Waals surface area contributed by atoms with E-state index in [2.05, 4.69) is 5.32 Å². The molecule has 0 radical (unpaired) electrons. The SMILES string of the molecule is OCCC(C1CC1)C1CCN1. The molecule has 2 nitrogen and oxygen atoms in total. The van der Waals surface area contributed by atoms with Crippen molar-refractivity contribution in [3.05, 3.63) is 0 Å². The number of hydrogen-bond acceptors (Lipinski definition) is 2. The zero-order valence-corrected chi connectivity index (χ0v) is 6.92. The summed E-state index contributed by atoms with van der Waals surface area (Å²) in [6, 6.07) is 0.745. The van der Waals surface area contributed by atoms with Crippen LogP contribution in [0.25, 0.3) is 0 Å². The molecule has 1 saturated heterocycles. The molecule has 11 heavy (non-hydrogen) atoms. The molecule has 0 bridgehead atoms. The monoisotopic (exact) mass is 155 g/mol. The van der Waals surface area contributed by atoms with E-state index in [9.17, 15) is 0 Å². The Morgan fingerprint density at radius 2 is 2.09 bits per heavy atom. The van der Waals surface area contributed by atoms with Gasteiger partial charge in [0.25, 0.3) is 0 Å². The van der Waals surface area contributed by atoms with Gasteiger partial charge in [-0.2, -0.15) is 0 Å². The molecule has 2 aliphatic rings. The summed E-state index contributed by atoms with van der Waals surface area (Å²) in [5.41, 5.74) is 0. The van der Waals surface area contributed by atoms with E-state index in [0.717, 1.165) is 24.3 Å². The van der Waals surface area contributed by atoms with Gasteiger partial charge in [-0.15, -0.1) is 0 Å². The second-order valence-electron chi connectivity index (χ2n) is 3.86. The average Bonchev–Trinajstić information content (AvgIpc) is 2.63. The van der Waals surface area contributed by atoms with Gasteiger partial charge in [0, 0.05) is 12.6 Å². The van der Waals surface area contributed by atoms with E-state index in [1.54, 1.807) is 0 Å². The fourth-order valence-corrected chi connectivity index (χ4v) is 2.12. The largest absolute Gasteiger partial charge is 0.396 e. The molecule has 1 saturated carbocycles. The quantitative estimate of drug-likeness (QED) is 0.628. The summed E-state index contributed by atoms with van der Waals surface area (Å²) in [4.78, 5) is 0. The summed E-state index contributed by atoms with van der Waals surface area (Å²) in [5.74, 6) is 1.73. The van der Waals surface area contributed by atoms with Gasteiger partial charge in [0.2, 0.25) is 0 Å². The third-order valence-corrected chi connectivity index (χ3v) is 3.07. The summed E-state index contributed by atoms with van der Waals surface area (Å²) in [7, 11) is 0.